The molecule has 0 aromatic carbocycles. The van der Waals surface area contributed by atoms with E-state index in [4.69, 9.17) is 28.8 Å². The molecule has 0 bridgehead atoms. The minimum atomic E-state index is -0.0146. The number of hydrogen-bond acceptors (Lipinski definition) is 6. The van der Waals surface area contributed by atoms with E-state index in [9.17, 15) is 0 Å². The molecular weight excluding hydrogens is 336 g/mol. The van der Waals surface area contributed by atoms with E-state index in [2.05, 4.69) is 6.92 Å². The van der Waals surface area contributed by atoms with Crippen LogP contribution in [0.3, 0.4) is 0 Å². The van der Waals surface area contributed by atoms with Gasteiger partial charge in [-0.2, -0.15) is 0 Å². The Kier molecular flexibility index (Phi) is 20.9. The standard InChI is InChI=1S/C20H42O6/c1-4-5-6-7-8-9-11-22-13-14-23-18-20(3)26-16-15-24-17-19(2)25-12-10-21/h19-21H,4-18H2,1-3H3. The molecule has 26 heavy (non-hydrogen) atoms. The van der Waals surface area contributed by atoms with Crippen LogP contribution in [0.1, 0.15) is 59.3 Å². The SMILES string of the molecule is CCCCCCCCOCCOCC(C)OCCOCC(C)OCCO. The largest absolute Gasteiger partial charge is 0.394 e. The average Bonchev–Trinajstić information content (AvgIpc) is 2.64. The number of hydrogen-bond donors (Lipinski definition) is 1. The second-order valence-electron chi connectivity index (χ2n) is 6.62. The summed E-state index contributed by atoms with van der Waals surface area (Å²) in [4.78, 5) is 0. The van der Waals surface area contributed by atoms with Crippen LogP contribution in [-0.2, 0) is 23.7 Å². The van der Waals surface area contributed by atoms with Crippen LogP contribution in [0.2, 0.25) is 0 Å². The van der Waals surface area contributed by atoms with Crippen LogP contribution in [0.5, 0.6) is 0 Å². The summed E-state index contributed by atoms with van der Waals surface area (Å²) >= 11 is 0. The first-order valence-electron chi connectivity index (χ1n) is 10.3. The molecule has 0 heterocycles. The lowest BCUT2D eigenvalue weighted by Gasteiger charge is -2.15. The number of unbranched alkanes of at least 4 members (excludes halogenated alkanes) is 5. The van der Waals surface area contributed by atoms with E-state index in [-0.39, 0.29) is 18.8 Å². The minimum Gasteiger partial charge on any atom is -0.394 e. The number of aliphatic hydroxyl groups is 1. The third-order valence-corrected chi connectivity index (χ3v) is 3.84. The first-order chi connectivity index (χ1) is 12.7. The summed E-state index contributed by atoms with van der Waals surface area (Å²) in [5, 5.41) is 8.66. The van der Waals surface area contributed by atoms with Gasteiger partial charge >= 0.3 is 0 Å². The topological polar surface area (TPSA) is 66.4 Å². The Morgan fingerprint density at radius 2 is 1.15 bits per heavy atom. The molecule has 0 aromatic heterocycles. The summed E-state index contributed by atoms with van der Waals surface area (Å²) in [6.45, 7) is 10.8. The highest BCUT2D eigenvalue weighted by Gasteiger charge is 2.04. The second-order valence-corrected chi connectivity index (χ2v) is 6.62. The Morgan fingerprint density at radius 1 is 0.615 bits per heavy atom. The summed E-state index contributed by atoms with van der Waals surface area (Å²) in [6.07, 6.45) is 7.74. The summed E-state index contributed by atoms with van der Waals surface area (Å²) in [6, 6.07) is 0. The Morgan fingerprint density at radius 3 is 1.81 bits per heavy atom. The maximum atomic E-state index is 8.66. The molecule has 0 saturated heterocycles. The van der Waals surface area contributed by atoms with E-state index in [1.165, 1.54) is 32.1 Å². The number of rotatable bonds is 21. The van der Waals surface area contributed by atoms with Gasteiger partial charge in [-0.25, -0.2) is 0 Å². The molecule has 0 aliphatic carbocycles. The molecule has 0 aromatic rings. The van der Waals surface area contributed by atoms with Gasteiger partial charge in [-0.1, -0.05) is 39.0 Å². The van der Waals surface area contributed by atoms with E-state index in [1.54, 1.807) is 0 Å². The van der Waals surface area contributed by atoms with Gasteiger partial charge in [-0.05, 0) is 20.3 Å². The molecular formula is C20H42O6. The highest BCUT2D eigenvalue weighted by atomic mass is 16.6. The van der Waals surface area contributed by atoms with Crippen LogP contribution >= 0.6 is 0 Å². The van der Waals surface area contributed by atoms with Gasteiger partial charge in [0, 0.05) is 6.61 Å². The van der Waals surface area contributed by atoms with Crippen molar-refractivity contribution in [1.82, 2.24) is 0 Å². The lowest BCUT2D eigenvalue weighted by Crippen LogP contribution is -2.22. The van der Waals surface area contributed by atoms with Crippen LogP contribution in [0.15, 0.2) is 0 Å². The van der Waals surface area contributed by atoms with Crippen molar-refractivity contribution in [3.05, 3.63) is 0 Å². The van der Waals surface area contributed by atoms with Crippen molar-refractivity contribution < 1.29 is 28.8 Å². The highest BCUT2D eigenvalue weighted by molar-refractivity contribution is 4.50. The van der Waals surface area contributed by atoms with Gasteiger partial charge in [-0.3, -0.25) is 0 Å². The molecule has 1 N–H and O–H groups in total. The molecule has 0 saturated carbocycles. The maximum absolute atomic E-state index is 8.66. The van der Waals surface area contributed by atoms with Gasteiger partial charge in [0.05, 0.1) is 65.1 Å². The quantitative estimate of drug-likeness (QED) is 0.309. The number of ether oxygens (including phenoxy) is 5. The predicted octanol–water partition coefficient (Wildman–Crippen LogP) is 3.20. The fourth-order valence-corrected chi connectivity index (χ4v) is 2.36. The molecule has 6 heteroatoms. The van der Waals surface area contributed by atoms with E-state index in [0.717, 1.165) is 13.0 Å². The van der Waals surface area contributed by atoms with Crippen molar-refractivity contribution in [3.63, 3.8) is 0 Å². The summed E-state index contributed by atoms with van der Waals surface area (Å²) in [5.74, 6) is 0. The zero-order chi connectivity index (χ0) is 19.3. The molecule has 2 atom stereocenters. The molecule has 0 aliphatic rings. The van der Waals surface area contributed by atoms with E-state index in [0.29, 0.717) is 46.2 Å². The van der Waals surface area contributed by atoms with Crippen molar-refractivity contribution in [3.8, 4) is 0 Å². The van der Waals surface area contributed by atoms with Crippen molar-refractivity contribution in [1.29, 1.82) is 0 Å². The van der Waals surface area contributed by atoms with Gasteiger partial charge in [-0.15, -0.1) is 0 Å². The normalized spacial score (nSPS) is 13.8. The van der Waals surface area contributed by atoms with Gasteiger partial charge in [0.25, 0.3) is 0 Å². The Labute approximate surface area is 160 Å². The molecule has 0 radical (unpaired) electrons. The molecule has 0 spiro atoms. The Hall–Kier alpha value is -0.240. The lowest BCUT2D eigenvalue weighted by molar-refractivity contribution is -0.0572. The average molecular weight is 379 g/mol. The molecule has 2 unspecified atom stereocenters. The smallest absolute Gasteiger partial charge is 0.0781 e. The zero-order valence-corrected chi connectivity index (χ0v) is 17.2. The van der Waals surface area contributed by atoms with Crippen molar-refractivity contribution in [2.24, 2.45) is 0 Å². The molecule has 0 rings (SSSR count). The van der Waals surface area contributed by atoms with Crippen LogP contribution in [0.4, 0.5) is 0 Å². The zero-order valence-electron chi connectivity index (χ0n) is 17.2. The Bertz CT molecular complexity index is 265. The monoisotopic (exact) mass is 378 g/mol. The van der Waals surface area contributed by atoms with Gasteiger partial charge in [0.15, 0.2) is 0 Å². The van der Waals surface area contributed by atoms with Crippen molar-refractivity contribution in [2.45, 2.75) is 71.5 Å². The van der Waals surface area contributed by atoms with Crippen molar-refractivity contribution >= 4 is 0 Å². The van der Waals surface area contributed by atoms with E-state index < -0.39 is 0 Å². The summed E-state index contributed by atoms with van der Waals surface area (Å²) in [7, 11) is 0. The van der Waals surface area contributed by atoms with Gasteiger partial charge < -0.3 is 28.8 Å². The fraction of sp³-hybridized carbons (Fsp3) is 1.00. The van der Waals surface area contributed by atoms with Crippen LogP contribution in [0.25, 0.3) is 0 Å². The van der Waals surface area contributed by atoms with Crippen molar-refractivity contribution in [2.75, 3.05) is 59.5 Å². The highest BCUT2D eigenvalue weighted by Crippen LogP contribution is 2.04. The molecule has 0 fully saturated rings. The van der Waals surface area contributed by atoms with Crippen LogP contribution < -0.4 is 0 Å². The third-order valence-electron chi connectivity index (χ3n) is 3.84. The number of aliphatic hydroxyl groups excluding tert-OH is 1. The Balaban J connectivity index is 3.21. The maximum Gasteiger partial charge on any atom is 0.0781 e. The fourth-order valence-electron chi connectivity index (χ4n) is 2.36. The molecule has 0 amide bonds. The predicted molar refractivity (Wildman–Crippen MR) is 104 cm³/mol. The third kappa shape index (κ3) is 20.1. The van der Waals surface area contributed by atoms with E-state index >= 15 is 0 Å². The van der Waals surface area contributed by atoms with E-state index in [1.807, 2.05) is 13.8 Å². The van der Waals surface area contributed by atoms with Crippen LogP contribution in [0, 0.1) is 0 Å². The second kappa shape index (κ2) is 21.1. The van der Waals surface area contributed by atoms with Gasteiger partial charge in [0.1, 0.15) is 0 Å². The summed E-state index contributed by atoms with van der Waals surface area (Å²) in [5.41, 5.74) is 0. The molecule has 6 nitrogen and oxygen atoms in total. The first kappa shape index (κ1) is 25.8. The van der Waals surface area contributed by atoms with Crippen LogP contribution in [-0.4, -0.2) is 76.8 Å². The lowest BCUT2D eigenvalue weighted by atomic mass is 10.1. The van der Waals surface area contributed by atoms with Gasteiger partial charge in [0.2, 0.25) is 0 Å². The molecule has 158 valence electrons. The summed E-state index contributed by atoms with van der Waals surface area (Å²) < 4.78 is 27.5. The minimum absolute atomic E-state index is 0.0146. The first-order valence-corrected chi connectivity index (χ1v) is 10.3. The molecule has 0 aliphatic heterocycles.